The Morgan fingerprint density at radius 1 is 0.645 bits per heavy atom. The summed E-state index contributed by atoms with van der Waals surface area (Å²) in [6.07, 6.45) is 16.5. The van der Waals surface area contributed by atoms with Gasteiger partial charge in [0.05, 0.1) is 13.2 Å². The molecule has 3 fully saturated rings. The highest BCUT2D eigenvalue weighted by atomic mass is 19.2. The maximum Gasteiger partial charge on any atom is 0.204 e. The maximum atomic E-state index is 14.6. The first-order chi connectivity index (χ1) is 15.1. The van der Waals surface area contributed by atoms with Crippen LogP contribution in [-0.2, 0) is 0 Å². The van der Waals surface area contributed by atoms with Gasteiger partial charge < -0.3 is 9.47 Å². The summed E-state index contributed by atoms with van der Waals surface area (Å²) in [6, 6.07) is 3.06. The van der Waals surface area contributed by atoms with Crippen molar-refractivity contribution >= 4 is 0 Å². The molecule has 0 atom stereocenters. The fourth-order valence-corrected chi connectivity index (χ4v) is 6.08. The van der Waals surface area contributed by atoms with Crippen LogP contribution in [0.3, 0.4) is 0 Å². The molecule has 0 N–H and O–H groups in total. The fraction of sp³-hybridized carbons (Fsp3) is 0.778. The molecule has 2 nitrogen and oxygen atoms in total. The van der Waals surface area contributed by atoms with Crippen LogP contribution in [0.2, 0.25) is 0 Å². The van der Waals surface area contributed by atoms with Crippen molar-refractivity contribution < 1.29 is 18.3 Å². The summed E-state index contributed by atoms with van der Waals surface area (Å²) in [6.45, 7) is 3.22. The van der Waals surface area contributed by atoms with E-state index in [1.54, 1.807) is 0 Å². The van der Waals surface area contributed by atoms with Gasteiger partial charge in [-0.15, -0.1) is 0 Å². The van der Waals surface area contributed by atoms with Crippen molar-refractivity contribution in [3.63, 3.8) is 0 Å². The molecule has 0 amide bonds. The first kappa shape index (κ1) is 22.9. The molecule has 4 rings (SSSR count). The van der Waals surface area contributed by atoms with Crippen LogP contribution in [-0.4, -0.2) is 13.2 Å². The summed E-state index contributed by atoms with van der Waals surface area (Å²) in [5.74, 6) is 1.66. The van der Waals surface area contributed by atoms with Gasteiger partial charge in [-0.2, -0.15) is 8.78 Å². The smallest absolute Gasteiger partial charge is 0.204 e. The van der Waals surface area contributed by atoms with Gasteiger partial charge in [0.2, 0.25) is 11.6 Å². The van der Waals surface area contributed by atoms with Crippen LogP contribution in [0.5, 0.6) is 11.5 Å². The van der Waals surface area contributed by atoms with Gasteiger partial charge >= 0.3 is 0 Å². The zero-order valence-corrected chi connectivity index (χ0v) is 19.2. The van der Waals surface area contributed by atoms with Gasteiger partial charge in [-0.3, -0.25) is 0 Å². The lowest BCUT2D eigenvalue weighted by molar-refractivity contribution is 0.133. The van der Waals surface area contributed by atoms with Crippen molar-refractivity contribution in [2.75, 3.05) is 13.2 Å². The van der Waals surface area contributed by atoms with Crippen molar-refractivity contribution in [2.24, 2.45) is 29.6 Å². The molecule has 3 aliphatic carbocycles. The predicted octanol–water partition coefficient (Wildman–Crippen LogP) is 7.94. The zero-order chi connectivity index (χ0) is 21.6. The molecule has 0 aliphatic heterocycles. The Hall–Kier alpha value is -1.32. The standard InChI is InChI=1S/C27H40F2O2/c1-19-7-9-20(10-8-19)17-30-24-15-16-25(27(29)26(24)28)31-18-21-11-13-23(14-12-21)22-5-3-2-4-6-22/h15-16,19-23H,2-14,17-18H2,1H3. The molecule has 0 bridgehead atoms. The average molecular weight is 435 g/mol. The summed E-state index contributed by atoms with van der Waals surface area (Å²) in [7, 11) is 0. The van der Waals surface area contributed by atoms with Crippen LogP contribution in [0.4, 0.5) is 8.78 Å². The quantitative estimate of drug-likeness (QED) is 0.434. The molecular weight excluding hydrogens is 394 g/mol. The molecule has 3 saturated carbocycles. The number of hydrogen-bond acceptors (Lipinski definition) is 2. The monoisotopic (exact) mass is 434 g/mol. The maximum absolute atomic E-state index is 14.6. The molecule has 31 heavy (non-hydrogen) atoms. The van der Waals surface area contributed by atoms with Gasteiger partial charge in [0.15, 0.2) is 11.5 Å². The average Bonchev–Trinajstić information content (AvgIpc) is 2.81. The van der Waals surface area contributed by atoms with Crippen molar-refractivity contribution in [2.45, 2.75) is 90.4 Å². The van der Waals surface area contributed by atoms with E-state index in [4.69, 9.17) is 9.47 Å². The number of hydrogen-bond donors (Lipinski definition) is 0. The molecular formula is C27H40F2O2. The Bertz CT molecular complexity index is 685. The minimum absolute atomic E-state index is 0.0106. The highest BCUT2D eigenvalue weighted by Gasteiger charge is 2.29. The Kier molecular flexibility index (Phi) is 8.12. The fourth-order valence-electron chi connectivity index (χ4n) is 6.08. The van der Waals surface area contributed by atoms with Crippen LogP contribution in [0.25, 0.3) is 0 Å². The highest BCUT2D eigenvalue weighted by Crippen LogP contribution is 2.40. The molecule has 0 radical (unpaired) electrons. The predicted molar refractivity (Wildman–Crippen MR) is 120 cm³/mol. The van der Waals surface area contributed by atoms with Gasteiger partial charge in [0.25, 0.3) is 0 Å². The van der Waals surface area contributed by atoms with E-state index in [1.165, 1.54) is 69.9 Å². The highest BCUT2D eigenvalue weighted by molar-refractivity contribution is 5.35. The Labute approximate surface area is 187 Å². The molecule has 0 spiro atoms. The first-order valence-electron chi connectivity index (χ1n) is 12.8. The van der Waals surface area contributed by atoms with Crippen molar-refractivity contribution in [1.29, 1.82) is 0 Å². The van der Waals surface area contributed by atoms with E-state index in [-0.39, 0.29) is 11.5 Å². The summed E-state index contributed by atoms with van der Waals surface area (Å²) in [5.41, 5.74) is 0. The van der Waals surface area contributed by atoms with Crippen LogP contribution >= 0.6 is 0 Å². The molecule has 1 aromatic rings. The van der Waals surface area contributed by atoms with Gasteiger partial charge in [0.1, 0.15) is 0 Å². The summed E-state index contributed by atoms with van der Waals surface area (Å²) >= 11 is 0. The lowest BCUT2D eigenvalue weighted by Gasteiger charge is -2.35. The van der Waals surface area contributed by atoms with Crippen molar-refractivity contribution in [1.82, 2.24) is 0 Å². The molecule has 0 unspecified atom stereocenters. The number of rotatable bonds is 7. The second-order valence-electron chi connectivity index (χ2n) is 10.6. The molecule has 3 aliphatic rings. The Morgan fingerprint density at radius 3 is 1.61 bits per heavy atom. The van der Waals surface area contributed by atoms with Crippen molar-refractivity contribution in [3.05, 3.63) is 23.8 Å². The summed E-state index contributed by atoms with van der Waals surface area (Å²) in [5, 5.41) is 0. The van der Waals surface area contributed by atoms with Crippen LogP contribution in [0, 0.1) is 41.2 Å². The van der Waals surface area contributed by atoms with Crippen LogP contribution < -0.4 is 9.47 Å². The third kappa shape index (κ3) is 6.14. The largest absolute Gasteiger partial charge is 0.490 e. The van der Waals surface area contributed by atoms with Gasteiger partial charge in [-0.25, -0.2) is 0 Å². The third-order valence-electron chi connectivity index (χ3n) is 8.30. The van der Waals surface area contributed by atoms with E-state index < -0.39 is 11.6 Å². The van der Waals surface area contributed by atoms with E-state index in [0.717, 1.165) is 43.4 Å². The minimum Gasteiger partial charge on any atom is -0.490 e. The van der Waals surface area contributed by atoms with Crippen LogP contribution in [0.15, 0.2) is 12.1 Å². The molecule has 1 aromatic carbocycles. The van der Waals surface area contributed by atoms with Crippen LogP contribution in [0.1, 0.15) is 90.4 Å². The topological polar surface area (TPSA) is 18.5 Å². The Morgan fingerprint density at radius 2 is 1.10 bits per heavy atom. The Balaban J connectivity index is 1.22. The SMILES string of the molecule is CC1CCC(COc2ccc(OCC3CCC(C4CCCCC4)CC3)c(F)c2F)CC1. The zero-order valence-electron chi connectivity index (χ0n) is 19.2. The number of ether oxygens (including phenoxy) is 2. The first-order valence-corrected chi connectivity index (χ1v) is 12.8. The second kappa shape index (κ2) is 11.0. The number of benzene rings is 1. The van der Waals surface area contributed by atoms with E-state index in [0.29, 0.717) is 25.0 Å². The minimum atomic E-state index is -0.914. The molecule has 0 saturated heterocycles. The van der Waals surface area contributed by atoms with E-state index in [2.05, 4.69) is 6.92 Å². The molecule has 174 valence electrons. The van der Waals surface area contributed by atoms with Gasteiger partial charge in [0, 0.05) is 0 Å². The van der Waals surface area contributed by atoms with Gasteiger partial charge in [-0.1, -0.05) is 51.9 Å². The summed E-state index contributed by atoms with van der Waals surface area (Å²) < 4.78 is 40.4. The lowest BCUT2D eigenvalue weighted by Crippen LogP contribution is -2.26. The number of halogens is 2. The third-order valence-corrected chi connectivity index (χ3v) is 8.30. The second-order valence-corrected chi connectivity index (χ2v) is 10.6. The lowest BCUT2D eigenvalue weighted by atomic mass is 9.71. The van der Waals surface area contributed by atoms with Crippen molar-refractivity contribution in [3.8, 4) is 11.5 Å². The van der Waals surface area contributed by atoms with Gasteiger partial charge in [-0.05, 0) is 80.2 Å². The molecule has 4 heteroatoms. The van der Waals surface area contributed by atoms with E-state index in [9.17, 15) is 8.78 Å². The van der Waals surface area contributed by atoms with E-state index in [1.807, 2.05) is 0 Å². The summed E-state index contributed by atoms with van der Waals surface area (Å²) in [4.78, 5) is 0. The molecule has 0 aromatic heterocycles. The normalized spacial score (nSPS) is 30.2. The van der Waals surface area contributed by atoms with E-state index >= 15 is 0 Å². The molecule has 0 heterocycles.